The maximum Gasteiger partial charge on any atom is 0.405 e. The highest BCUT2D eigenvalue weighted by Gasteiger charge is 2.31. The zero-order chi connectivity index (χ0) is 13.8. The highest BCUT2D eigenvalue weighted by Crippen LogP contribution is 2.25. The standard InChI is InChI=1S/C12H13F4NO/c1-2-5-17(8-12(14,15)16)11-4-3-10(13)6-9(11)7-18/h3-4,6-7H,2,5,8H2,1H3. The fourth-order valence-corrected chi connectivity index (χ4v) is 1.68. The number of hydrogen-bond acceptors (Lipinski definition) is 2. The molecule has 1 aromatic rings. The molecule has 1 aromatic carbocycles. The average Bonchev–Trinajstić information content (AvgIpc) is 2.26. The number of carbonyl (C=O) groups is 1. The number of rotatable bonds is 5. The fourth-order valence-electron chi connectivity index (χ4n) is 1.68. The second kappa shape index (κ2) is 5.84. The first-order valence-corrected chi connectivity index (χ1v) is 5.44. The fraction of sp³-hybridized carbons (Fsp3) is 0.417. The average molecular weight is 263 g/mol. The number of anilines is 1. The highest BCUT2D eigenvalue weighted by atomic mass is 19.4. The van der Waals surface area contributed by atoms with Crippen molar-refractivity contribution in [2.45, 2.75) is 19.5 Å². The topological polar surface area (TPSA) is 20.3 Å². The summed E-state index contributed by atoms with van der Waals surface area (Å²) in [4.78, 5) is 11.8. The first-order valence-electron chi connectivity index (χ1n) is 5.44. The van der Waals surface area contributed by atoms with E-state index in [1.54, 1.807) is 6.92 Å². The van der Waals surface area contributed by atoms with Gasteiger partial charge in [0.2, 0.25) is 0 Å². The number of benzene rings is 1. The van der Waals surface area contributed by atoms with Crippen LogP contribution in [0.1, 0.15) is 23.7 Å². The second-order valence-electron chi connectivity index (χ2n) is 3.86. The Kier molecular flexibility index (Phi) is 4.69. The molecule has 0 aliphatic heterocycles. The molecule has 0 saturated carbocycles. The lowest BCUT2D eigenvalue weighted by Crippen LogP contribution is -2.35. The van der Waals surface area contributed by atoms with Crippen molar-refractivity contribution in [1.29, 1.82) is 0 Å². The zero-order valence-corrected chi connectivity index (χ0v) is 9.80. The van der Waals surface area contributed by atoms with E-state index in [1.807, 2.05) is 0 Å². The van der Waals surface area contributed by atoms with Crippen molar-refractivity contribution in [3.05, 3.63) is 29.6 Å². The molecule has 0 aliphatic rings. The van der Waals surface area contributed by atoms with Gasteiger partial charge in [0.1, 0.15) is 12.4 Å². The van der Waals surface area contributed by atoms with Crippen molar-refractivity contribution < 1.29 is 22.4 Å². The van der Waals surface area contributed by atoms with Crippen LogP contribution in [-0.4, -0.2) is 25.6 Å². The molecular formula is C12H13F4NO. The van der Waals surface area contributed by atoms with Crippen molar-refractivity contribution in [3.63, 3.8) is 0 Å². The second-order valence-corrected chi connectivity index (χ2v) is 3.86. The highest BCUT2D eigenvalue weighted by molar-refractivity contribution is 5.84. The first kappa shape index (κ1) is 14.5. The van der Waals surface area contributed by atoms with Crippen molar-refractivity contribution in [1.82, 2.24) is 0 Å². The van der Waals surface area contributed by atoms with E-state index in [9.17, 15) is 22.4 Å². The van der Waals surface area contributed by atoms with Gasteiger partial charge in [-0.1, -0.05) is 6.92 Å². The molecule has 18 heavy (non-hydrogen) atoms. The van der Waals surface area contributed by atoms with Gasteiger partial charge < -0.3 is 4.90 Å². The van der Waals surface area contributed by atoms with Gasteiger partial charge in [-0.25, -0.2) is 4.39 Å². The van der Waals surface area contributed by atoms with Crippen LogP contribution in [0, 0.1) is 5.82 Å². The lowest BCUT2D eigenvalue weighted by Gasteiger charge is -2.26. The van der Waals surface area contributed by atoms with E-state index in [4.69, 9.17) is 0 Å². The van der Waals surface area contributed by atoms with Crippen LogP contribution in [0.4, 0.5) is 23.2 Å². The summed E-state index contributed by atoms with van der Waals surface area (Å²) in [5.41, 5.74) is 0.0262. The Hall–Kier alpha value is -1.59. The Labute approximate surface area is 102 Å². The van der Waals surface area contributed by atoms with Crippen molar-refractivity contribution in [2.75, 3.05) is 18.0 Å². The van der Waals surface area contributed by atoms with Gasteiger partial charge in [-0.2, -0.15) is 13.2 Å². The predicted octanol–water partition coefficient (Wildman–Crippen LogP) is 3.42. The molecule has 0 spiro atoms. The SMILES string of the molecule is CCCN(CC(F)(F)F)c1ccc(F)cc1C=O. The van der Waals surface area contributed by atoms with Gasteiger partial charge in [0.15, 0.2) is 6.29 Å². The molecule has 0 heterocycles. The molecule has 2 nitrogen and oxygen atoms in total. The Morgan fingerprint density at radius 1 is 1.33 bits per heavy atom. The van der Waals surface area contributed by atoms with Crippen LogP contribution in [0.5, 0.6) is 0 Å². The normalized spacial score (nSPS) is 11.4. The zero-order valence-electron chi connectivity index (χ0n) is 9.80. The summed E-state index contributed by atoms with van der Waals surface area (Å²) in [6.45, 7) is 0.715. The minimum atomic E-state index is -4.37. The maximum absolute atomic E-state index is 12.9. The third kappa shape index (κ3) is 4.01. The first-order chi connectivity index (χ1) is 8.37. The lowest BCUT2D eigenvalue weighted by atomic mass is 10.1. The van der Waals surface area contributed by atoms with Crippen molar-refractivity contribution >= 4 is 12.0 Å². The van der Waals surface area contributed by atoms with Gasteiger partial charge in [0.05, 0.1) is 0 Å². The summed E-state index contributed by atoms with van der Waals surface area (Å²) in [5.74, 6) is -0.649. The summed E-state index contributed by atoms with van der Waals surface area (Å²) in [7, 11) is 0. The molecule has 6 heteroatoms. The van der Waals surface area contributed by atoms with Gasteiger partial charge in [-0.3, -0.25) is 4.79 Å². The minimum absolute atomic E-state index is 0.0762. The quantitative estimate of drug-likeness (QED) is 0.599. The Morgan fingerprint density at radius 2 is 2.00 bits per heavy atom. The van der Waals surface area contributed by atoms with Gasteiger partial charge in [-0.15, -0.1) is 0 Å². The van der Waals surface area contributed by atoms with Crippen molar-refractivity contribution in [3.8, 4) is 0 Å². The van der Waals surface area contributed by atoms with Gasteiger partial charge >= 0.3 is 6.18 Å². The molecule has 100 valence electrons. The number of hydrogen-bond donors (Lipinski definition) is 0. The molecule has 0 N–H and O–H groups in total. The van der Waals surface area contributed by atoms with Gasteiger partial charge in [0, 0.05) is 17.8 Å². The number of halogens is 4. The van der Waals surface area contributed by atoms with E-state index >= 15 is 0 Å². The van der Waals surface area contributed by atoms with Gasteiger partial charge in [-0.05, 0) is 24.6 Å². The number of nitrogens with zero attached hydrogens (tertiary/aromatic N) is 1. The van der Waals surface area contributed by atoms with Crippen LogP contribution in [0.2, 0.25) is 0 Å². The van der Waals surface area contributed by atoms with Crippen LogP contribution in [-0.2, 0) is 0 Å². The van der Waals surface area contributed by atoms with Gasteiger partial charge in [0.25, 0.3) is 0 Å². The van der Waals surface area contributed by atoms with E-state index in [0.29, 0.717) is 12.7 Å². The molecule has 0 aliphatic carbocycles. The molecule has 0 saturated heterocycles. The minimum Gasteiger partial charge on any atom is -0.362 e. The van der Waals surface area contributed by atoms with E-state index in [-0.39, 0.29) is 17.8 Å². The number of alkyl halides is 3. The van der Waals surface area contributed by atoms with E-state index in [1.165, 1.54) is 6.07 Å². The molecular weight excluding hydrogens is 250 g/mol. The molecule has 0 fully saturated rings. The molecule has 0 amide bonds. The molecule has 0 aromatic heterocycles. The Morgan fingerprint density at radius 3 is 2.50 bits per heavy atom. The summed E-state index contributed by atoms with van der Waals surface area (Å²) >= 11 is 0. The Balaban J connectivity index is 3.08. The third-order valence-electron chi connectivity index (χ3n) is 2.32. The Bertz CT molecular complexity index is 417. The molecule has 1 rings (SSSR count). The largest absolute Gasteiger partial charge is 0.405 e. The van der Waals surface area contributed by atoms with Crippen LogP contribution < -0.4 is 4.90 Å². The molecule has 0 atom stereocenters. The van der Waals surface area contributed by atoms with E-state index in [2.05, 4.69) is 0 Å². The summed E-state index contributed by atoms with van der Waals surface area (Å²) in [6, 6.07) is 3.17. The summed E-state index contributed by atoms with van der Waals surface area (Å²) in [5, 5.41) is 0. The predicted molar refractivity (Wildman–Crippen MR) is 60.3 cm³/mol. The van der Waals surface area contributed by atoms with Crippen LogP contribution in [0.15, 0.2) is 18.2 Å². The monoisotopic (exact) mass is 263 g/mol. The lowest BCUT2D eigenvalue weighted by molar-refractivity contribution is -0.119. The number of carbonyl (C=O) groups excluding carboxylic acids is 1. The molecule has 0 bridgehead atoms. The van der Waals surface area contributed by atoms with Crippen LogP contribution in [0.25, 0.3) is 0 Å². The van der Waals surface area contributed by atoms with Crippen molar-refractivity contribution in [2.24, 2.45) is 0 Å². The molecule has 0 radical (unpaired) electrons. The summed E-state index contributed by atoms with van der Waals surface area (Å²) in [6.07, 6.45) is -3.52. The summed E-state index contributed by atoms with van der Waals surface area (Å²) < 4.78 is 50.2. The van der Waals surface area contributed by atoms with E-state index in [0.717, 1.165) is 17.0 Å². The molecule has 0 unspecified atom stereocenters. The van der Waals surface area contributed by atoms with Crippen LogP contribution >= 0.6 is 0 Å². The number of aldehydes is 1. The van der Waals surface area contributed by atoms with E-state index < -0.39 is 18.5 Å². The smallest absolute Gasteiger partial charge is 0.362 e. The van der Waals surface area contributed by atoms with Crippen LogP contribution in [0.3, 0.4) is 0 Å². The third-order valence-corrected chi connectivity index (χ3v) is 2.32. The maximum atomic E-state index is 12.9.